The van der Waals surface area contributed by atoms with Gasteiger partial charge in [-0.05, 0) is 85.7 Å². The minimum atomic E-state index is -0.832. The second-order valence-electron chi connectivity index (χ2n) is 11.9. The summed E-state index contributed by atoms with van der Waals surface area (Å²) in [4.78, 5) is 18.1. The summed E-state index contributed by atoms with van der Waals surface area (Å²) in [7, 11) is 0. The van der Waals surface area contributed by atoms with Gasteiger partial charge in [0.25, 0.3) is 0 Å². The Morgan fingerprint density at radius 3 is 2.50 bits per heavy atom. The van der Waals surface area contributed by atoms with Gasteiger partial charge in [-0.25, -0.2) is 0 Å². The van der Waals surface area contributed by atoms with Gasteiger partial charge in [-0.3, -0.25) is 14.7 Å². The number of nitrogens with zero attached hydrogens (tertiary/aromatic N) is 3. The Labute approximate surface area is 291 Å². The molecule has 1 aliphatic heterocycles. The molecule has 250 valence electrons. The van der Waals surface area contributed by atoms with Gasteiger partial charge in [-0.15, -0.1) is 11.6 Å². The van der Waals surface area contributed by atoms with Crippen molar-refractivity contribution in [2.24, 2.45) is 0 Å². The molecular weight excluding hydrogens is 649 g/mol. The number of hydrogen-bond donors (Lipinski definition) is 1. The van der Waals surface area contributed by atoms with E-state index in [4.69, 9.17) is 37.4 Å². The number of likely N-dealkylation sites (tertiary alicyclic amines) is 1. The number of aromatic nitrogens is 1. The van der Waals surface area contributed by atoms with E-state index in [9.17, 15) is 15.2 Å². The average molecular weight is 689 g/mol. The lowest BCUT2D eigenvalue weighted by Crippen LogP contribution is -2.44. The number of halogens is 2. The van der Waals surface area contributed by atoms with Crippen LogP contribution in [0.15, 0.2) is 67.0 Å². The number of rotatable bonds is 14. The third-order valence-electron chi connectivity index (χ3n) is 8.64. The van der Waals surface area contributed by atoms with Gasteiger partial charge in [0, 0.05) is 42.0 Å². The van der Waals surface area contributed by atoms with Gasteiger partial charge in [0.2, 0.25) is 0 Å². The average Bonchev–Trinajstić information content (AvgIpc) is 3.09. The predicted octanol–water partition coefficient (Wildman–Crippen LogP) is 8.50. The maximum Gasteiger partial charge on any atom is 0.320 e. The third kappa shape index (κ3) is 8.59. The first-order chi connectivity index (χ1) is 23.3. The quantitative estimate of drug-likeness (QED) is 0.104. The molecule has 1 N–H and O–H groups in total. The van der Waals surface area contributed by atoms with E-state index in [1.807, 2.05) is 29.2 Å². The molecule has 0 aliphatic carbocycles. The summed E-state index contributed by atoms with van der Waals surface area (Å²) >= 11 is 12.7. The lowest BCUT2D eigenvalue weighted by Gasteiger charge is -2.33. The molecule has 1 aliphatic rings. The molecule has 48 heavy (non-hydrogen) atoms. The van der Waals surface area contributed by atoms with Crippen LogP contribution < -0.4 is 14.2 Å². The zero-order valence-electron chi connectivity index (χ0n) is 27.2. The highest BCUT2D eigenvalue weighted by molar-refractivity contribution is 6.32. The maximum absolute atomic E-state index is 12.0. The fourth-order valence-corrected chi connectivity index (χ4v) is 6.35. The van der Waals surface area contributed by atoms with E-state index < -0.39 is 12.0 Å². The summed E-state index contributed by atoms with van der Waals surface area (Å²) < 4.78 is 18.6. The molecule has 1 atom stereocenters. The molecule has 0 spiro atoms. The van der Waals surface area contributed by atoms with Crippen LogP contribution in [-0.2, 0) is 24.6 Å². The van der Waals surface area contributed by atoms with Crippen LogP contribution in [0.1, 0.15) is 59.1 Å². The first kappa shape index (κ1) is 35.0. The van der Waals surface area contributed by atoms with Gasteiger partial charge < -0.3 is 19.3 Å². The minimum Gasteiger partial charge on any atom is -0.493 e. The Hall–Kier alpha value is -4.29. The van der Waals surface area contributed by atoms with E-state index in [2.05, 4.69) is 37.0 Å². The molecule has 1 saturated heterocycles. The van der Waals surface area contributed by atoms with Gasteiger partial charge in [0.15, 0.2) is 0 Å². The van der Waals surface area contributed by atoms with E-state index in [0.717, 1.165) is 64.0 Å². The van der Waals surface area contributed by atoms with Crippen LogP contribution >= 0.6 is 23.2 Å². The number of aliphatic carboxylic acids is 1. The van der Waals surface area contributed by atoms with Crippen LogP contribution in [0, 0.1) is 25.2 Å². The number of piperidine rings is 1. The first-order valence-corrected chi connectivity index (χ1v) is 17.0. The van der Waals surface area contributed by atoms with Gasteiger partial charge in [-0.2, -0.15) is 5.26 Å². The van der Waals surface area contributed by atoms with Crippen molar-refractivity contribution in [1.82, 2.24) is 9.88 Å². The van der Waals surface area contributed by atoms with E-state index in [0.29, 0.717) is 54.1 Å². The second kappa shape index (κ2) is 16.7. The number of hydrogen-bond acceptors (Lipinski definition) is 7. The summed E-state index contributed by atoms with van der Waals surface area (Å²) in [5.41, 5.74) is 7.24. The van der Waals surface area contributed by atoms with Gasteiger partial charge in [0.05, 0.1) is 17.2 Å². The number of alkyl halides is 1. The van der Waals surface area contributed by atoms with Crippen molar-refractivity contribution in [3.63, 3.8) is 0 Å². The van der Waals surface area contributed by atoms with E-state index in [1.165, 1.54) is 6.20 Å². The van der Waals surface area contributed by atoms with Crippen LogP contribution in [0.25, 0.3) is 11.1 Å². The largest absolute Gasteiger partial charge is 0.493 e. The second-order valence-corrected chi connectivity index (χ2v) is 12.7. The molecule has 2 heterocycles. The summed E-state index contributed by atoms with van der Waals surface area (Å²) in [6.45, 7) is 6.16. The fourth-order valence-electron chi connectivity index (χ4n) is 6.00. The van der Waals surface area contributed by atoms with Crippen LogP contribution in [0.4, 0.5) is 0 Å². The molecule has 0 saturated carbocycles. The molecule has 0 amide bonds. The standard InChI is InChI=1S/C38H39Cl2N3O5/c1-25-29(8-5-9-31(25)32-10-6-12-35(26(32)2)46-15-7-13-39)24-48-37-18-36(47-23-28-16-27(19-41)20-42-21-28)30(17-33(37)40)22-43-14-4-3-11-34(43)38(44)45/h5-6,8-10,12,16-18,20-21,34H,3-4,7,11,13-15,22-24H2,1-2H3,(H,44,45). The maximum atomic E-state index is 12.0. The molecule has 0 bridgehead atoms. The normalized spacial score (nSPS) is 14.7. The molecule has 8 nitrogen and oxygen atoms in total. The van der Waals surface area contributed by atoms with Crippen molar-refractivity contribution < 1.29 is 24.1 Å². The number of nitriles is 1. The molecule has 0 radical (unpaired) electrons. The third-order valence-corrected chi connectivity index (χ3v) is 9.21. The van der Waals surface area contributed by atoms with Gasteiger partial charge in [0.1, 0.15) is 42.6 Å². The lowest BCUT2D eigenvalue weighted by atomic mass is 9.93. The Bertz CT molecular complexity index is 1790. The summed E-state index contributed by atoms with van der Waals surface area (Å²) in [6.07, 6.45) is 6.32. The predicted molar refractivity (Wildman–Crippen MR) is 187 cm³/mol. The number of carbonyl (C=O) groups is 1. The molecule has 1 fully saturated rings. The van der Waals surface area contributed by atoms with Gasteiger partial charge in [-0.1, -0.05) is 48.4 Å². The van der Waals surface area contributed by atoms with Crippen molar-refractivity contribution in [3.8, 4) is 34.4 Å². The van der Waals surface area contributed by atoms with E-state index in [1.54, 1.807) is 24.4 Å². The van der Waals surface area contributed by atoms with Crippen LogP contribution in [0.3, 0.4) is 0 Å². The molecular formula is C38H39Cl2N3O5. The van der Waals surface area contributed by atoms with Crippen molar-refractivity contribution in [2.45, 2.75) is 65.3 Å². The van der Waals surface area contributed by atoms with Gasteiger partial charge >= 0.3 is 5.97 Å². The fraction of sp³-hybridized carbons (Fsp3) is 0.342. The van der Waals surface area contributed by atoms with Crippen molar-refractivity contribution in [1.29, 1.82) is 5.26 Å². The first-order valence-electron chi connectivity index (χ1n) is 16.0. The molecule has 1 aromatic heterocycles. The molecule has 1 unspecified atom stereocenters. The molecule has 10 heteroatoms. The summed E-state index contributed by atoms with van der Waals surface area (Å²) in [5.74, 6) is 1.53. The smallest absolute Gasteiger partial charge is 0.320 e. The highest BCUT2D eigenvalue weighted by Crippen LogP contribution is 2.37. The number of pyridine rings is 1. The molecule has 5 rings (SSSR count). The number of carboxylic acids is 1. The zero-order chi connectivity index (χ0) is 34.0. The minimum absolute atomic E-state index is 0.161. The summed E-state index contributed by atoms with van der Waals surface area (Å²) in [6, 6.07) is 19.0. The lowest BCUT2D eigenvalue weighted by molar-refractivity contribution is -0.144. The van der Waals surface area contributed by atoms with Crippen molar-refractivity contribution >= 4 is 29.2 Å². The van der Waals surface area contributed by atoms with Crippen molar-refractivity contribution in [2.75, 3.05) is 19.0 Å². The Kier molecular flexibility index (Phi) is 12.2. The monoisotopic (exact) mass is 687 g/mol. The Balaban J connectivity index is 1.40. The SMILES string of the molecule is Cc1c(COc2cc(OCc3cncc(C#N)c3)c(CN3CCCCC3C(=O)O)cc2Cl)cccc1-c1cccc(OCCCCl)c1C. The topological polar surface area (TPSA) is 105 Å². The highest BCUT2D eigenvalue weighted by Gasteiger charge is 2.29. The van der Waals surface area contributed by atoms with Crippen LogP contribution in [0.5, 0.6) is 17.2 Å². The van der Waals surface area contributed by atoms with Crippen molar-refractivity contribution in [3.05, 3.63) is 105 Å². The summed E-state index contributed by atoms with van der Waals surface area (Å²) in [5, 5.41) is 19.6. The van der Waals surface area contributed by atoms with E-state index >= 15 is 0 Å². The number of benzene rings is 3. The highest BCUT2D eigenvalue weighted by atomic mass is 35.5. The number of carboxylic acid groups (broad SMARTS) is 1. The zero-order valence-corrected chi connectivity index (χ0v) is 28.7. The molecule has 3 aromatic carbocycles. The molecule has 4 aromatic rings. The Morgan fingerprint density at radius 1 is 0.958 bits per heavy atom. The van der Waals surface area contributed by atoms with E-state index in [-0.39, 0.29) is 13.2 Å². The van der Waals surface area contributed by atoms with Crippen LogP contribution in [-0.4, -0.2) is 46.0 Å². The van der Waals surface area contributed by atoms with Crippen LogP contribution in [0.2, 0.25) is 5.02 Å². The Morgan fingerprint density at radius 2 is 1.73 bits per heavy atom. The number of ether oxygens (including phenoxy) is 3.